The summed E-state index contributed by atoms with van der Waals surface area (Å²) in [4.78, 5) is 22.3. The van der Waals surface area contributed by atoms with Crippen molar-refractivity contribution in [3.63, 3.8) is 0 Å². The molecule has 104 valence electrons. The molecule has 1 aromatic rings. The Labute approximate surface area is 112 Å². The van der Waals surface area contributed by atoms with Gasteiger partial charge in [-0.2, -0.15) is 0 Å². The first kappa shape index (κ1) is 13.4. The molecule has 1 fully saturated rings. The van der Waals surface area contributed by atoms with Crippen LogP contribution in [0.25, 0.3) is 0 Å². The zero-order chi connectivity index (χ0) is 13.8. The highest BCUT2D eigenvalue weighted by Crippen LogP contribution is 2.35. The lowest BCUT2D eigenvalue weighted by Gasteiger charge is -2.26. The summed E-state index contributed by atoms with van der Waals surface area (Å²) >= 11 is 0. The molecule has 1 aliphatic rings. The third-order valence-corrected chi connectivity index (χ3v) is 3.30. The van der Waals surface area contributed by atoms with Crippen LogP contribution >= 0.6 is 0 Å². The molecule has 2 N–H and O–H groups in total. The predicted molar refractivity (Wildman–Crippen MR) is 72.6 cm³/mol. The van der Waals surface area contributed by atoms with Gasteiger partial charge in [0.05, 0.1) is 7.11 Å². The summed E-state index contributed by atoms with van der Waals surface area (Å²) < 4.78 is 5.38. The van der Waals surface area contributed by atoms with Crippen molar-refractivity contribution in [3.05, 3.63) is 6.33 Å². The van der Waals surface area contributed by atoms with E-state index in [4.69, 9.17) is 4.74 Å². The second kappa shape index (κ2) is 5.73. The number of likely N-dealkylation sites (N-methyl/N-ethyl adjacent to an activating group) is 1. The van der Waals surface area contributed by atoms with Gasteiger partial charge in [0.15, 0.2) is 11.6 Å². The van der Waals surface area contributed by atoms with Gasteiger partial charge in [-0.05, 0) is 12.8 Å². The maximum atomic E-state index is 11.9. The lowest BCUT2D eigenvalue weighted by molar-refractivity contribution is -0.121. The fourth-order valence-corrected chi connectivity index (χ4v) is 2.39. The van der Waals surface area contributed by atoms with Gasteiger partial charge in [-0.3, -0.25) is 4.79 Å². The van der Waals surface area contributed by atoms with Crippen molar-refractivity contribution >= 4 is 17.5 Å². The third kappa shape index (κ3) is 2.40. The van der Waals surface area contributed by atoms with Crippen LogP contribution < -0.4 is 20.3 Å². The molecule has 1 unspecified atom stereocenters. The van der Waals surface area contributed by atoms with E-state index in [1.165, 1.54) is 6.33 Å². The number of aromatic nitrogens is 2. The van der Waals surface area contributed by atoms with Crippen LogP contribution in [0, 0.1) is 0 Å². The predicted octanol–water partition coefficient (Wildman–Crippen LogP) is 0.242. The van der Waals surface area contributed by atoms with Gasteiger partial charge < -0.3 is 20.3 Å². The van der Waals surface area contributed by atoms with Crippen LogP contribution in [0.5, 0.6) is 5.75 Å². The first-order chi connectivity index (χ1) is 9.22. The van der Waals surface area contributed by atoms with Gasteiger partial charge in [-0.1, -0.05) is 0 Å². The molecule has 0 radical (unpaired) electrons. The van der Waals surface area contributed by atoms with E-state index in [-0.39, 0.29) is 11.9 Å². The van der Waals surface area contributed by atoms with Crippen LogP contribution in [0.2, 0.25) is 0 Å². The Hall–Kier alpha value is -2.05. The Morgan fingerprint density at radius 1 is 1.47 bits per heavy atom. The minimum absolute atomic E-state index is 0.00386. The maximum absolute atomic E-state index is 11.9. The number of nitrogens with zero attached hydrogens (tertiary/aromatic N) is 3. The summed E-state index contributed by atoms with van der Waals surface area (Å²) in [5, 5.41) is 5.66. The normalized spacial score (nSPS) is 18.3. The highest BCUT2D eigenvalue weighted by Gasteiger charge is 2.33. The molecule has 19 heavy (non-hydrogen) atoms. The van der Waals surface area contributed by atoms with Crippen LogP contribution in [0.4, 0.5) is 11.6 Å². The van der Waals surface area contributed by atoms with Gasteiger partial charge in [0.1, 0.15) is 12.4 Å². The monoisotopic (exact) mass is 265 g/mol. The highest BCUT2D eigenvalue weighted by molar-refractivity contribution is 5.86. The molecular formula is C12H19N5O2. The lowest BCUT2D eigenvalue weighted by Crippen LogP contribution is -2.42. The second-order valence-corrected chi connectivity index (χ2v) is 4.29. The van der Waals surface area contributed by atoms with E-state index in [1.807, 2.05) is 4.90 Å². The number of hydrogen-bond acceptors (Lipinski definition) is 6. The van der Waals surface area contributed by atoms with Crippen molar-refractivity contribution in [1.29, 1.82) is 0 Å². The SMILES string of the molecule is CNC(=O)C1CCCN1c1ncnc(NC)c1OC. The van der Waals surface area contributed by atoms with Crippen molar-refractivity contribution in [2.75, 3.05) is 38.0 Å². The average molecular weight is 265 g/mol. The van der Waals surface area contributed by atoms with Crippen LogP contribution in [0.15, 0.2) is 6.33 Å². The molecule has 1 aromatic heterocycles. The number of carbonyl (C=O) groups excluding carboxylic acids is 1. The summed E-state index contributed by atoms with van der Waals surface area (Å²) in [6.45, 7) is 0.786. The van der Waals surface area contributed by atoms with E-state index in [0.29, 0.717) is 17.4 Å². The molecule has 1 amide bonds. The smallest absolute Gasteiger partial charge is 0.242 e. The van der Waals surface area contributed by atoms with Gasteiger partial charge in [0.2, 0.25) is 11.7 Å². The van der Waals surface area contributed by atoms with Gasteiger partial charge in [-0.15, -0.1) is 0 Å². The van der Waals surface area contributed by atoms with Crippen molar-refractivity contribution in [2.24, 2.45) is 0 Å². The van der Waals surface area contributed by atoms with E-state index in [0.717, 1.165) is 19.4 Å². The molecule has 1 atom stereocenters. The maximum Gasteiger partial charge on any atom is 0.242 e. The third-order valence-electron chi connectivity index (χ3n) is 3.30. The second-order valence-electron chi connectivity index (χ2n) is 4.29. The fraction of sp³-hybridized carbons (Fsp3) is 0.583. The minimum Gasteiger partial charge on any atom is -0.490 e. The number of carbonyl (C=O) groups is 1. The number of rotatable bonds is 4. The molecule has 0 aromatic carbocycles. The number of methoxy groups -OCH3 is 1. The molecule has 1 saturated heterocycles. The number of ether oxygens (including phenoxy) is 1. The number of nitrogens with one attached hydrogen (secondary N) is 2. The zero-order valence-corrected chi connectivity index (χ0v) is 11.4. The molecule has 0 aliphatic carbocycles. The van der Waals surface area contributed by atoms with Gasteiger partial charge >= 0.3 is 0 Å². The first-order valence-corrected chi connectivity index (χ1v) is 6.28. The van der Waals surface area contributed by atoms with Crippen molar-refractivity contribution in [2.45, 2.75) is 18.9 Å². The summed E-state index contributed by atoms with van der Waals surface area (Å²) in [6, 6.07) is -0.196. The van der Waals surface area contributed by atoms with E-state index < -0.39 is 0 Å². The fourth-order valence-electron chi connectivity index (χ4n) is 2.39. The molecule has 7 heteroatoms. The standard InChI is InChI=1S/C12H19N5O2/c1-13-10-9(19-3)11(16-7-15-10)17-6-4-5-8(17)12(18)14-2/h7-8H,4-6H2,1-3H3,(H,14,18)(H,13,15,16). The summed E-state index contributed by atoms with van der Waals surface area (Å²) in [6.07, 6.45) is 3.25. The average Bonchev–Trinajstić information content (AvgIpc) is 2.94. The number of amides is 1. The van der Waals surface area contributed by atoms with Gasteiger partial charge in [0, 0.05) is 20.6 Å². The molecular weight excluding hydrogens is 246 g/mol. The van der Waals surface area contributed by atoms with Crippen molar-refractivity contribution < 1.29 is 9.53 Å². The topological polar surface area (TPSA) is 79.4 Å². The molecule has 0 spiro atoms. The Balaban J connectivity index is 2.38. The van der Waals surface area contributed by atoms with Gasteiger partial charge in [0.25, 0.3) is 0 Å². The molecule has 7 nitrogen and oxygen atoms in total. The molecule has 2 rings (SSSR count). The quantitative estimate of drug-likeness (QED) is 0.812. The van der Waals surface area contributed by atoms with Gasteiger partial charge in [-0.25, -0.2) is 9.97 Å². The van der Waals surface area contributed by atoms with Crippen molar-refractivity contribution in [3.8, 4) is 5.75 Å². The molecule has 0 bridgehead atoms. The van der Waals surface area contributed by atoms with E-state index in [1.54, 1.807) is 21.2 Å². The van der Waals surface area contributed by atoms with Crippen LogP contribution in [0.1, 0.15) is 12.8 Å². The van der Waals surface area contributed by atoms with Crippen LogP contribution in [0.3, 0.4) is 0 Å². The molecule has 2 heterocycles. The van der Waals surface area contributed by atoms with Crippen LogP contribution in [-0.2, 0) is 4.79 Å². The van der Waals surface area contributed by atoms with E-state index in [9.17, 15) is 4.79 Å². The Morgan fingerprint density at radius 2 is 2.26 bits per heavy atom. The van der Waals surface area contributed by atoms with E-state index >= 15 is 0 Å². The summed E-state index contributed by atoms with van der Waals surface area (Å²) in [7, 11) is 5.00. The Kier molecular flexibility index (Phi) is 4.03. The Bertz CT molecular complexity index is 465. The van der Waals surface area contributed by atoms with Crippen molar-refractivity contribution in [1.82, 2.24) is 15.3 Å². The van der Waals surface area contributed by atoms with E-state index in [2.05, 4.69) is 20.6 Å². The zero-order valence-electron chi connectivity index (χ0n) is 11.4. The summed E-state index contributed by atoms with van der Waals surface area (Å²) in [5.41, 5.74) is 0. The number of hydrogen-bond donors (Lipinski definition) is 2. The molecule has 1 aliphatic heterocycles. The summed E-state index contributed by atoms with van der Waals surface area (Å²) in [5.74, 6) is 1.85. The van der Waals surface area contributed by atoms with Crippen LogP contribution in [-0.4, -0.2) is 49.7 Å². The number of anilines is 2. The highest BCUT2D eigenvalue weighted by atomic mass is 16.5. The Morgan fingerprint density at radius 3 is 2.89 bits per heavy atom. The lowest BCUT2D eigenvalue weighted by atomic mass is 10.2. The first-order valence-electron chi connectivity index (χ1n) is 6.28. The molecule has 0 saturated carbocycles. The largest absolute Gasteiger partial charge is 0.490 e. The minimum atomic E-state index is -0.196.